The number of rotatable bonds is 12. The lowest BCUT2D eigenvalue weighted by atomic mass is 10.4. The van der Waals surface area contributed by atoms with Gasteiger partial charge in [0.1, 0.15) is 0 Å². The van der Waals surface area contributed by atoms with Gasteiger partial charge < -0.3 is 10.2 Å². The average Bonchev–Trinajstić information content (AvgIpc) is 2.44. The van der Waals surface area contributed by atoms with E-state index in [9.17, 15) is 14.7 Å². The van der Waals surface area contributed by atoms with Gasteiger partial charge in [-0.1, -0.05) is 77.4 Å². The minimum Gasteiger partial charge on any atom is -0.478 e. The van der Waals surface area contributed by atoms with Gasteiger partial charge in [-0.2, -0.15) is 0 Å². The summed E-state index contributed by atoms with van der Waals surface area (Å²) in [4.78, 5) is 22.7. The minimum atomic E-state index is -2.23. The fourth-order valence-corrected chi connectivity index (χ4v) is 8.42. The van der Waals surface area contributed by atoms with Gasteiger partial charge in [0.15, 0.2) is 0 Å². The summed E-state index contributed by atoms with van der Waals surface area (Å²) in [5, 5.41) is 18.8. The Morgan fingerprint density at radius 1 is 0.857 bits per heavy atom. The lowest BCUT2D eigenvalue weighted by Crippen LogP contribution is -2.41. The van der Waals surface area contributed by atoms with Crippen LogP contribution in [-0.4, -0.2) is 30.2 Å². The summed E-state index contributed by atoms with van der Waals surface area (Å²) in [6.07, 6.45) is 7.01. The van der Waals surface area contributed by atoms with Gasteiger partial charge in [-0.3, -0.25) is 0 Å². The van der Waals surface area contributed by atoms with Crippen LogP contribution in [-0.2, 0) is 9.59 Å². The van der Waals surface area contributed by atoms with Crippen LogP contribution in [0.4, 0.5) is 0 Å². The standard InChI is InChI=1S/C16H30O4Si/c1-4-7-10-21(11-8-5-2,12-9-6-3)14(16(19)20)13-15(17)18/h13H,4-12H2,1-3H3,(H,17,18)(H,19,20)/b14-13-. The minimum absolute atomic E-state index is 0.227. The first-order valence-corrected chi connectivity index (χ1v) is 10.7. The Morgan fingerprint density at radius 3 is 1.48 bits per heavy atom. The SMILES string of the molecule is CCCC[Si](CCCC)(CCCC)/C(=C\C(=O)O)C(=O)O. The lowest BCUT2D eigenvalue weighted by Gasteiger charge is -2.32. The second kappa shape index (κ2) is 10.6. The van der Waals surface area contributed by atoms with E-state index >= 15 is 0 Å². The van der Waals surface area contributed by atoms with Crippen molar-refractivity contribution in [3.8, 4) is 0 Å². The number of carboxylic acid groups (broad SMARTS) is 2. The molecule has 0 rings (SSSR count). The van der Waals surface area contributed by atoms with Crippen LogP contribution in [0.5, 0.6) is 0 Å². The van der Waals surface area contributed by atoms with Crippen LogP contribution in [0.3, 0.4) is 0 Å². The Morgan fingerprint density at radius 2 is 1.24 bits per heavy atom. The topological polar surface area (TPSA) is 74.6 Å². The number of unbranched alkanes of at least 4 members (excludes halogenated alkanes) is 3. The highest BCUT2D eigenvalue weighted by atomic mass is 28.3. The van der Waals surface area contributed by atoms with Crippen LogP contribution < -0.4 is 0 Å². The molecule has 0 bridgehead atoms. The van der Waals surface area contributed by atoms with Gasteiger partial charge in [0.05, 0.1) is 8.07 Å². The van der Waals surface area contributed by atoms with Gasteiger partial charge in [-0.25, -0.2) is 9.59 Å². The summed E-state index contributed by atoms with van der Waals surface area (Å²) in [7, 11) is -2.23. The van der Waals surface area contributed by atoms with E-state index in [0.717, 1.165) is 62.7 Å². The molecule has 0 heterocycles. The van der Waals surface area contributed by atoms with E-state index in [4.69, 9.17) is 5.11 Å². The number of aliphatic carboxylic acids is 2. The summed E-state index contributed by atoms with van der Waals surface area (Å²) in [6, 6.07) is 2.69. The van der Waals surface area contributed by atoms with Crippen LogP contribution in [0.25, 0.3) is 0 Å². The molecule has 2 N–H and O–H groups in total. The summed E-state index contributed by atoms with van der Waals surface area (Å²) < 4.78 is 0. The zero-order valence-electron chi connectivity index (χ0n) is 13.7. The second-order valence-corrected chi connectivity index (χ2v) is 10.4. The van der Waals surface area contributed by atoms with Crippen LogP contribution in [0.2, 0.25) is 18.1 Å². The molecule has 0 aliphatic heterocycles. The molecule has 5 heteroatoms. The highest BCUT2D eigenvalue weighted by molar-refractivity contribution is 6.90. The fraction of sp³-hybridized carbons (Fsp3) is 0.750. The van der Waals surface area contributed by atoms with Gasteiger partial charge in [-0.05, 0) is 0 Å². The molecular weight excluding hydrogens is 284 g/mol. The lowest BCUT2D eigenvalue weighted by molar-refractivity contribution is -0.134. The van der Waals surface area contributed by atoms with E-state index < -0.39 is 20.0 Å². The predicted molar refractivity (Wildman–Crippen MR) is 88.3 cm³/mol. The smallest absolute Gasteiger partial charge is 0.328 e. The van der Waals surface area contributed by atoms with Gasteiger partial charge >= 0.3 is 11.9 Å². The van der Waals surface area contributed by atoms with Gasteiger partial charge in [-0.15, -0.1) is 0 Å². The van der Waals surface area contributed by atoms with Crippen molar-refractivity contribution in [2.75, 3.05) is 0 Å². The molecular formula is C16H30O4Si. The molecule has 21 heavy (non-hydrogen) atoms. The summed E-state index contributed by atoms with van der Waals surface area (Å²) in [6.45, 7) is 6.29. The highest BCUT2D eigenvalue weighted by Gasteiger charge is 2.39. The molecule has 0 aromatic carbocycles. The number of hydrogen-bond acceptors (Lipinski definition) is 2. The quantitative estimate of drug-likeness (QED) is 0.411. The van der Waals surface area contributed by atoms with E-state index in [0.29, 0.717) is 0 Å². The maximum Gasteiger partial charge on any atom is 0.328 e. The van der Waals surface area contributed by atoms with Crippen molar-refractivity contribution in [1.29, 1.82) is 0 Å². The molecule has 0 spiro atoms. The molecule has 0 aromatic rings. The first-order valence-electron chi connectivity index (χ1n) is 8.11. The van der Waals surface area contributed by atoms with Crippen LogP contribution >= 0.6 is 0 Å². The summed E-state index contributed by atoms with van der Waals surface area (Å²) >= 11 is 0. The molecule has 0 aliphatic carbocycles. The van der Waals surface area contributed by atoms with Crippen LogP contribution in [0.15, 0.2) is 11.3 Å². The van der Waals surface area contributed by atoms with Gasteiger partial charge in [0.25, 0.3) is 0 Å². The molecule has 0 aliphatic rings. The van der Waals surface area contributed by atoms with Crippen molar-refractivity contribution in [2.45, 2.75) is 77.4 Å². The molecule has 4 nitrogen and oxygen atoms in total. The van der Waals surface area contributed by atoms with E-state index in [2.05, 4.69) is 20.8 Å². The summed E-state index contributed by atoms with van der Waals surface area (Å²) in [5.41, 5.74) is 0. The van der Waals surface area contributed by atoms with E-state index in [-0.39, 0.29) is 5.20 Å². The van der Waals surface area contributed by atoms with Crippen molar-refractivity contribution >= 4 is 20.0 Å². The first kappa shape index (κ1) is 19.9. The van der Waals surface area contributed by atoms with Gasteiger partial charge in [0.2, 0.25) is 0 Å². The molecule has 0 amide bonds. The fourth-order valence-electron chi connectivity index (χ4n) is 2.89. The molecule has 0 fully saturated rings. The first-order chi connectivity index (χ1) is 9.93. The van der Waals surface area contributed by atoms with Crippen LogP contribution in [0.1, 0.15) is 59.3 Å². The third-order valence-electron chi connectivity index (χ3n) is 4.10. The second-order valence-electron chi connectivity index (χ2n) is 5.79. The molecule has 0 atom stereocenters. The van der Waals surface area contributed by atoms with E-state index in [1.807, 2.05) is 0 Å². The number of carbonyl (C=O) groups is 2. The van der Waals surface area contributed by atoms with Crippen molar-refractivity contribution in [1.82, 2.24) is 0 Å². The average molecular weight is 314 g/mol. The van der Waals surface area contributed by atoms with Crippen molar-refractivity contribution in [3.63, 3.8) is 0 Å². The molecule has 0 radical (unpaired) electrons. The number of hydrogen-bond donors (Lipinski definition) is 2. The molecule has 0 unspecified atom stereocenters. The monoisotopic (exact) mass is 314 g/mol. The third-order valence-corrected chi connectivity index (χ3v) is 9.53. The Bertz CT molecular complexity index is 342. The Hall–Kier alpha value is -1.10. The Kier molecular flexibility index (Phi) is 10.0. The Balaban J connectivity index is 5.62. The third kappa shape index (κ3) is 6.93. The predicted octanol–water partition coefficient (Wildman–Crippen LogP) is 4.47. The van der Waals surface area contributed by atoms with Crippen molar-refractivity contribution in [2.24, 2.45) is 0 Å². The molecule has 0 saturated heterocycles. The molecule has 0 aromatic heterocycles. The van der Waals surface area contributed by atoms with E-state index in [1.54, 1.807) is 0 Å². The normalized spacial score (nSPS) is 12.4. The summed E-state index contributed by atoms with van der Waals surface area (Å²) in [5.74, 6) is -2.15. The zero-order valence-corrected chi connectivity index (χ0v) is 14.7. The van der Waals surface area contributed by atoms with Crippen molar-refractivity contribution in [3.05, 3.63) is 11.3 Å². The zero-order chi connectivity index (χ0) is 16.3. The number of carboxylic acids is 2. The molecule has 0 saturated carbocycles. The maximum absolute atomic E-state index is 11.7. The highest BCUT2D eigenvalue weighted by Crippen LogP contribution is 2.35. The largest absolute Gasteiger partial charge is 0.478 e. The maximum atomic E-state index is 11.7. The van der Waals surface area contributed by atoms with Gasteiger partial charge in [0, 0.05) is 11.3 Å². The van der Waals surface area contributed by atoms with E-state index in [1.165, 1.54) is 0 Å². The van der Waals surface area contributed by atoms with Crippen molar-refractivity contribution < 1.29 is 19.8 Å². The van der Waals surface area contributed by atoms with Crippen LogP contribution in [0, 0.1) is 0 Å². The molecule has 122 valence electrons. The Labute approximate surface area is 129 Å².